The summed E-state index contributed by atoms with van der Waals surface area (Å²) in [7, 11) is 2.87. The number of carbonyl (C=O) groups excluding carboxylic acids is 5. The number of thioether (sulfide) groups is 1. The zero-order valence-corrected chi connectivity index (χ0v) is 31.9. The van der Waals surface area contributed by atoms with Crippen molar-refractivity contribution in [3.63, 3.8) is 0 Å². The van der Waals surface area contributed by atoms with E-state index in [0.29, 0.717) is 19.6 Å². The molecule has 300 valence electrons. The lowest BCUT2D eigenvalue weighted by Crippen LogP contribution is -2.55. The molecule has 3 amide bonds. The molecule has 4 aliphatic heterocycles. The van der Waals surface area contributed by atoms with Crippen LogP contribution in [0.3, 0.4) is 0 Å². The van der Waals surface area contributed by atoms with Crippen LogP contribution in [-0.2, 0) is 38.1 Å². The van der Waals surface area contributed by atoms with Crippen LogP contribution < -0.4 is 10.1 Å². The van der Waals surface area contributed by atoms with Gasteiger partial charge in [-0.2, -0.15) is 11.8 Å². The number of ether oxygens (including phenoxy) is 6. The van der Waals surface area contributed by atoms with Gasteiger partial charge in [0.1, 0.15) is 23.4 Å². The monoisotopic (exact) mass is 797 g/mol. The smallest absolute Gasteiger partial charge is 0.242 e. The van der Waals surface area contributed by atoms with Crippen molar-refractivity contribution in [2.75, 3.05) is 46.7 Å². The molecule has 0 radical (unpaired) electrons. The van der Waals surface area contributed by atoms with E-state index in [9.17, 15) is 39.3 Å². The lowest BCUT2D eigenvalue weighted by atomic mass is 9.72. The summed E-state index contributed by atoms with van der Waals surface area (Å²) in [6.07, 6.45) is -3.87. The van der Waals surface area contributed by atoms with Gasteiger partial charge in [0.15, 0.2) is 24.6 Å². The van der Waals surface area contributed by atoms with E-state index in [1.807, 2.05) is 6.92 Å². The number of aromatic hydroxyl groups is 2. The topological polar surface area (TPSA) is 220 Å². The van der Waals surface area contributed by atoms with Crippen molar-refractivity contribution >= 4 is 41.0 Å². The molecule has 0 spiro atoms. The molecule has 17 nitrogen and oxygen atoms in total. The normalized spacial score (nSPS) is 32.4. The summed E-state index contributed by atoms with van der Waals surface area (Å²) in [5.41, 5.74) is -1.68. The van der Waals surface area contributed by atoms with E-state index in [0.717, 1.165) is 4.90 Å². The number of aliphatic hydroxyl groups is 1. The molecule has 0 bridgehead atoms. The molecule has 18 heteroatoms. The van der Waals surface area contributed by atoms with Gasteiger partial charge >= 0.3 is 0 Å². The fourth-order valence-electron chi connectivity index (χ4n) is 9.09. The summed E-state index contributed by atoms with van der Waals surface area (Å²) < 4.78 is 35.7. The Labute approximate surface area is 325 Å². The van der Waals surface area contributed by atoms with Crippen molar-refractivity contribution < 1.29 is 67.7 Å². The van der Waals surface area contributed by atoms with Gasteiger partial charge in [0.05, 0.1) is 59.9 Å². The zero-order chi connectivity index (χ0) is 39.7. The summed E-state index contributed by atoms with van der Waals surface area (Å²) in [4.78, 5) is 70.6. The molecule has 0 saturated carbocycles. The number of likely N-dealkylation sites (tertiary alicyclic amines) is 1. The molecule has 56 heavy (non-hydrogen) atoms. The number of nitrogens with one attached hydrogen (secondary N) is 1. The average molecular weight is 798 g/mol. The Kier molecular flexibility index (Phi) is 10.4. The van der Waals surface area contributed by atoms with E-state index < -0.39 is 88.4 Å². The Morgan fingerprint density at radius 3 is 2.48 bits per heavy atom. The van der Waals surface area contributed by atoms with Gasteiger partial charge in [-0.1, -0.05) is 12.1 Å². The number of imide groups is 1. The lowest BCUT2D eigenvalue weighted by Gasteiger charge is -2.42. The summed E-state index contributed by atoms with van der Waals surface area (Å²) in [6.45, 7) is 2.50. The molecule has 6 aliphatic rings. The van der Waals surface area contributed by atoms with Crippen LogP contribution in [-0.4, -0.2) is 150 Å². The quantitative estimate of drug-likeness (QED) is 0.175. The molecule has 4 heterocycles. The van der Waals surface area contributed by atoms with Crippen molar-refractivity contribution in [1.29, 1.82) is 0 Å². The second kappa shape index (κ2) is 15.0. The number of benzene rings is 2. The molecular formula is C38H43N3O14S. The Morgan fingerprint density at radius 1 is 1.02 bits per heavy atom. The Balaban J connectivity index is 1.15. The van der Waals surface area contributed by atoms with E-state index >= 15 is 0 Å². The molecule has 2 aromatic carbocycles. The number of carbonyl (C=O) groups is 5. The number of hydrogen-bond donors (Lipinski definition) is 4. The predicted octanol–water partition coefficient (Wildman–Crippen LogP) is 0.928. The SMILES string of the molecule is COc1cccc2c1C(=O)c1c(O)c3c(c(O)c1C2=O)C(C(=O)NCCN1C(=O)CC(SC)C1=O)[C@H](O)C[C@@H]3O[C@H]1C[C@H]2[C@H](O[C@@H]3[C@@H](OC)OCCN32)[C@H](C)O1. The Morgan fingerprint density at radius 2 is 1.77 bits per heavy atom. The van der Waals surface area contributed by atoms with Gasteiger partial charge in [0, 0.05) is 68.7 Å². The van der Waals surface area contributed by atoms with Gasteiger partial charge in [-0.05, 0) is 19.2 Å². The summed E-state index contributed by atoms with van der Waals surface area (Å²) in [5, 5.41) is 38.0. The highest BCUT2D eigenvalue weighted by atomic mass is 32.2. The number of morpholine rings is 1. The minimum Gasteiger partial charge on any atom is -0.507 e. The van der Waals surface area contributed by atoms with Crippen LogP contribution in [0, 0.1) is 0 Å². The fraction of sp³-hybridized carbons (Fsp3) is 0.553. The highest BCUT2D eigenvalue weighted by Crippen LogP contribution is 2.54. The Hall–Kier alpha value is -4.14. The van der Waals surface area contributed by atoms with E-state index in [1.54, 1.807) is 6.26 Å². The van der Waals surface area contributed by atoms with Crippen LogP contribution in [0.25, 0.3) is 0 Å². The first kappa shape index (κ1) is 38.7. The number of phenols is 2. The predicted molar refractivity (Wildman–Crippen MR) is 193 cm³/mol. The molecule has 8 rings (SSSR count). The molecular weight excluding hydrogens is 754 g/mol. The minimum absolute atomic E-state index is 0.0443. The maximum atomic E-state index is 14.2. The zero-order valence-electron chi connectivity index (χ0n) is 31.1. The van der Waals surface area contributed by atoms with Gasteiger partial charge in [-0.15, -0.1) is 0 Å². The third kappa shape index (κ3) is 6.09. The maximum absolute atomic E-state index is 14.2. The van der Waals surface area contributed by atoms with E-state index in [4.69, 9.17) is 28.4 Å². The van der Waals surface area contributed by atoms with Crippen molar-refractivity contribution in [2.45, 2.75) is 86.6 Å². The van der Waals surface area contributed by atoms with Crippen molar-refractivity contribution in [3.05, 3.63) is 51.6 Å². The van der Waals surface area contributed by atoms with Crippen LogP contribution in [0.2, 0.25) is 0 Å². The van der Waals surface area contributed by atoms with Crippen LogP contribution in [0.4, 0.5) is 0 Å². The fourth-order valence-corrected chi connectivity index (χ4v) is 9.73. The van der Waals surface area contributed by atoms with Gasteiger partial charge in [0.2, 0.25) is 23.5 Å². The first-order valence-electron chi connectivity index (χ1n) is 18.5. The summed E-state index contributed by atoms with van der Waals surface area (Å²) >= 11 is 1.26. The summed E-state index contributed by atoms with van der Waals surface area (Å²) in [6, 6.07) is 4.20. The van der Waals surface area contributed by atoms with Crippen molar-refractivity contribution in [1.82, 2.24) is 15.1 Å². The Bertz CT molecular complexity index is 1990. The van der Waals surface area contributed by atoms with Gasteiger partial charge in [-0.25, -0.2) is 0 Å². The molecule has 0 aromatic heterocycles. The summed E-state index contributed by atoms with van der Waals surface area (Å²) in [5.74, 6) is -6.12. The number of phenolic OH excluding ortho intramolecular Hbond substituents is 2. The second-order valence-corrected chi connectivity index (χ2v) is 15.6. The van der Waals surface area contributed by atoms with Crippen LogP contribution in [0.5, 0.6) is 17.2 Å². The number of ketones is 2. The average Bonchev–Trinajstić information content (AvgIpc) is 3.70. The highest BCUT2D eigenvalue weighted by molar-refractivity contribution is 8.00. The molecule has 2 aliphatic carbocycles. The van der Waals surface area contributed by atoms with Crippen LogP contribution in [0.1, 0.15) is 81.2 Å². The molecule has 4 saturated heterocycles. The number of fused-ring (bicyclic) bond motifs is 6. The second-order valence-electron chi connectivity index (χ2n) is 14.6. The van der Waals surface area contributed by atoms with E-state index in [2.05, 4.69) is 10.2 Å². The maximum Gasteiger partial charge on any atom is 0.242 e. The number of aliphatic hydroxyl groups excluding tert-OH is 1. The van der Waals surface area contributed by atoms with Crippen LogP contribution in [0.15, 0.2) is 18.2 Å². The first-order chi connectivity index (χ1) is 26.9. The third-order valence-electron chi connectivity index (χ3n) is 11.7. The van der Waals surface area contributed by atoms with Crippen molar-refractivity contribution in [3.8, 4) is 17.2 Å². The molecule has 2 aromatic rings. The molecule has 4 N–H and O–H groups in total. The van der Waals surface area contributed by atoms with Gasteiger partial charge < -0.3 is 49.1 Å². The molecule has 4 fully saturated rings. The van der Waals surface area contributed by atoms with E-state index in [1.165, 1.54) is 44.2 Å². The highest BCUT2D eigenvalue weighted by Gasteiger charge is 2.55. The number of nitrogens with zero attached hydrogens (tertiary/aromatic N) is 2. The molecule has 10 atom stereocenters. The number of rotatable bonds is 9. The minimum atomic E-state index is -1.57. The van der Waals surface area contributed by atoms with Gasteiger partial charge in [-0.3, -0.25) is 33.8 Å². The number of hydrogen-bond acceptors (Lipinski definition) is 16. The largest absolute Gasteiger partial charge is 0.507 e. The number of amides is 3. The standard InChI is InChI=1S/C38H43N3O14S/c1-15-34-17(40-10-11-52-38(51-3)37(40)55-34)12-23(53-15)54-20-13-18(42)25(35(48)39-8-9-41-22(43)14-21(56-4)36(41)49)27-26(20)32(46)29-28(33(27)47)30(44)16-6-5-7-19(50-2)24(16)31(29)45/h5-7,15,17-18,20-21,23,25,34,37-38,42,46-47H,8-14H2,1-4H3,(H,39,48)/t15-,17-,18+,20-,21?,23-,25?,34+,37+,38-/m0/s1. The van der Waals surface area contributed by atoms with Gasteiger partial charge in [0.25, 0.3) is 0 Å². The van der Waals surface area contributed by atoms with E-state index in [-0.39, 0.29) is 77.9 Å². The van der Waals surface area contributed by atoms with Crippen molar-refractivity contribution in [2.24, 2.45) is 0 Å². The first-order valence-corrected chi connectivity index (χ1v) is 19.8. The lowest BCUT2D eigenvalue weighted by molar-refractivity contribution is -0.255. The molecule has 2 unspecified atom stereocenters. The third-order valence-corrected chi connectivity index (χ3v) is 12.6. The number of methoxy groups -OCH3 is 2. The van der Waals surface area contributed by atoms with Crippen LogP contribution >= 0.6 is 11.8 Å².